The van der Waals surface area contributed by atoms with Gasteiger partial charge >= 0.3 is 0 Å². The van der Waals surface area contributed by atoms with Crippen LogP contribution in [0.4, 0.5) is 0 Å². The fourth-order valence-electron chi connectivity index (χ4n) is 3.15. The summed E-state index contributed by atoms with van der Waals surface area (Å²) >= 11 is 0. The van der Waals surface area contributed by atoms with E-state index in [-0.39, 0.29) is 5.60 Å². The highest BCUT2D eigenvalue weighted by atomic mass is 16.5. The first kappa shape index (κ1) is 14.9. The van der Waals surface area contributed by atoms with Crippen molar-refractivity contribution < 1.29 is 4.74 Å². The van der Waals surface area contributed by atoms with Gasteiger partial charge in [-0.1, -0.05) is 52.5 Å². The highest BCUT2D eigenvalue weighted by Crippen LogP contribution is 2.47. The zero-order valence-corrected chi connectivity index (χ0v) is 13.6. The fourth-order valence-corrected chi connectivity index (χ4v) is 3.15. The van der Waals surface area contributed by atoms with E-state index in [0.717, 1.165) is 5.75 Å². The molecule has 0 aromatic heterocycles. The number of rotatable bonds is 3. The molecule has 1 nitrogen and oxygen atoms in total. The summed E-state index contributed by atoms with van der Waals surface area (Å²) in [6, 6.07) is 6.40. The summed E-state index contributed by atoms with van der Waals surface area (Å²) in [7, 11) is 0. The lowest BCUT2D eigenvalue weighted by Crippen LogP contribution is -2.35. The van der Waals surface area contributed by atoms with Gasteiger partial charge in [0, 0.05) is 5.56 Å². The molecular weight excluding hydrogens is 244 g/mol. The monoisotopic (exact) mass is 270 g/mol. The quantitative estimate of drug-likeness (QED) is 0.697. The van der Waals surface area contributed by atoms with Crippen molar-refractivity contribution in [2.75, 3.05) is 0 Å². The zero-order chi connectivity index (χ0) is 15.1. The van der Waals surface area contributed by atoms with E-state index in [4.69, 9.17) is 4.74 Å². The number of allylic oxidation sites excluding steroid dienone is 1. The number of fused-ring (bicyclic) bond motifs is 1. The maximum absolute atomic E-state index is 6.26. The minimum absolute atomic E-state index is 0.316. The molecule has 0 fully saturated rings. The van der Waals surface area contributed by atoms with E-state index >= 15 is 0 Å². The fraction of sp³-hybridized carbons (Fsp3) is 0.474. The second kappa shape index (κ2) is 5.12. The van der Waals surface area contributed by atoms with Crippen LogP contribution in [0.15, 0.2) is 36.4 Å². The molecule has 2 rings (SSSR count). The normalized spacial score (nSPS) is 17.2. The molecular formula is C19H26O. The maximum atomic E-state index is 6.26. The molecule has 0 N–H and O–H groups in total. The average molecular weight is 270 g/mol. The van der Waals surface area contributed by atoms with Crippen LogP contribution in [0.3, 0.4) is 0 Å². The topological polar surface area (TPSA) is 9.23 Å². The van der Waals surface area contributed by atoms with Gasteiger partial charge in [0.25, 0.3) is 0 Å². The lowest BCUT2D eigenvalue weighted by molar-refractivity contribution is 0.147. The molecule has 0 saturated carbocycles. The molecule has 0 spiro atoms. The standard InChI is InChI=1S/C19H26O/c1-8-15-17(13(4)5)18-14(12(2)3)10-9-11-16(18)20-19(15,6)7/h8-13H,1H2,2-7H3. The summed E-state index contributed by atoms with van der Waals surface area (Å²) in [6.45, 7) is 17.2. The lowest BCUT2D eigenvalue weighted by atomic mass is 9.78. The van der Waals surface area contributed by atoms with Crippen molar-refractivity contribution in [3.63, 3.8) is 0 Å². The van der Waals surface area contributed by atoms with Crippen molar-refractivity contribution >= 4 is 5.57 Å². The van der Waals surface area contributed by atoms with Crippen molar-refractivity contribution in [3.8, 4) is 5.75 Å². The molecule has 0 atom stereocenters. The van der Waals surface area contributed by atoms with E-state index in [9.17, 15) is 0 Å². The molecule has 108 valence electrons. The van der Waals surface area contributed by atoms with Crippen LogP contribution in [0.25, 0.3) is 5.57 Å². The zero-order valence-electron chi connectivity index (χ0n) is 13.6. The van der Waals surface area contributed by atoms with Gasteiger partial charge in [-0.15, -0.1) is 0 Å². The Labute approximate surface area is 123 Å². The van der Waals surface area contributed by atoms with Crippen LogP contribution in [-0.2, 0) is 0 Å². The van der Waals surface area contributed by atoms with Gasteiger partial charge in [0.05, 0.1) is 0 Å². The Kier molecular flexibility index (Phi) is 3.82. The largest absolute Gasteiger partial charge is 0.483 e. The summed E-state index contributed by atoms with van der Waals surface area (Å²) in [5, 5.41) is 0. The highest BCUT2D eigenvalue weighted by Gasteiger charge is 2.35. The van der Waals surface area contributed by atoms with Crippen molar-refractivity contribution in [1.82, 2.24) is 0 Å². The Bertz CT molecular complexity index is 559. The Hall–Kier alpha value is -1.50. The number of ether oxygens (including phenoxy) is 1. The molecule has 1 aromatic rings. The van der Waals surface area contributed by atoms with E-state index < -0.39 is 0 Å². The van der Waals surface area contributed by atoms with Crippen LogP contribution in [0.2, 0.25) is 0 Å². The van der Waals surface area contributed by atoms with E-state index in [1.54, 1.807) is 0 Å². The van der Waals surface area contributed by atoms with E-state index in [0.29, 0.717) is 11.8 Å². The molecule has 1 aliphatic heterocycles. The summed E-state index contributed by atoms with van der Waals surface area (Å²) in [6.07, 6.45) is 1.97. The van der Waals surface area contributed by atoms with Gasteiger partial charge in [-0.25, -0.2) is 0 Å². The van der Waals surface area contributed by atoms with Gasteiger partial charge in [0.2, 0.25) is 0 Å². The van der Waals surface area contributed by atoms with Gasteiger partial charge in [0.15, 0.2) is 0 Å². The molecule has 0 amide bonds. The Morgan fingerprint density at radius 1 is 1.10 bits per heavy atom. The number of hydrogen-bond acceptors (Lipinski definition) is 1. The smallest absolute Gasteiger partial charge is 0.129 e. The summed E-state index contributed by atoms with van der Waals surface area (Å²) in [4.78, 5) is 0. The second-order valence-corrected chi connectivity index (χ2v) is 6.67. The van der Waals surface area contributed by atoms with E-state index in [2.05, 4.69) is 66.3 Å². The summed E-state index contributed by atoms with van der Waals surface area (Å²) in [5.74, 6) is 1.94. The molecule has 1 heterocycles. The first-order valence-electron chi connectivity index (χ1n) is 7.49. The average Bonchev–Trinajstić information content (AvgIpc) is 2.34. The number of hydrogen-bond donors (Lipinski definition) is 0. The second-order valence-electron chi connectivity index (χ2n) is 6.67. The molecule has 0 radical (unpaired) electrons. The molecule has 1 heteroatoms. The number of benzene rings is 1. The van der Waals surface area contributed by atoms with Gasteiger partial charge in [-0.2, -0.15) is 0 Å². The lowest BCUT2D eigenvalue weighted by Gasteiger charge is -2.38. The predicted molar refractivity (Wildman–Crippen MR) is 87.2 cm³/mol. The van der Waals surface area contributed by atoms with Crippen molar-refractivity contribution in [3.05, 3.63) is 47.6 Å². The molecule has 0 unspecified atom stereocenters. The van der Waals surface area contributed by atoms with Crippen molar-refractivity contribution in [1.29, 1.82) is 0 Å². The molecule has 1 aliphatic rings. The minimum atomic E-state index is -0.316. The van der Waals surface area contributed by atoms with Crippen molar-refractivity contribution in [2.45, 2.75) is 53.1 Å². The first-order valence-corrected chi connectivity index (χ1v) is 7.49. The van der Waals surface area contributed by atoms with Crippen LogP contribution >= 0.6 is 0 Å². The van der Waals surface area contributed by atoms with Crippen LogP contribution < -0.4 is 4.74 Å². The Morgan fingerprint density at radius 3 is 2.25 bits per heavy atom. The third-order valence-corrected chi connectivity index (χ3v) is 4.04. The molecule has 0 bridgehead atoms. The maximum Gasteiger partial charge on any atom is 0.129 e. The highest BCUT2D eigenvalue weighted by molar-refractivity contribution is 5.81. The van der Waals surface area contributed by atoms with Crippen LogP contribution in [0, 0.1) is 5.92 Å². The van der Waals surface area contributed by atoms with Gasteiger partial charge < -0.3 is 4.74 Å². The van der Waals surface area contributed by atoms with Gasteiger partial charge in [-0.3, -0.25) is 0 Å². The summed E-state index contributed by atoms with van der Waals surface area (Å²) < 4.78 is 6.26. The van der Waals surface area contributed by atoms with Gasteiger partial charge in [0.1, 0.15) is 11.4 Å². The van der Waals surface area contributed by atoms with E-state index in [1.807, 2.05) is 6.08 Å². The Balaban J connectivity index is 2.83. The molecule has 20 heavy (non-hydrogen) atoms. The molecule has 0 aliphatic carbocycles. The third kappa shape index (κ3) is 2.30. The van der Waals surface area contributed by atoms with Crippen LogP contribution in [-0.4, -0.2) is 5.60 Å². The predicted octanol–water partition coefficient (Wildman–Crippen LogP) is 5.58. The third-order valence-electron chi connectivity index (χ3n) is 4.04. The van der Waals surface area contributed by atoms with Gasteiger partial charge in [-0.05, 0) is 48.5 Å². The minimum Gasteiger partial charge on any atom is -0.483 e. The SMILES string of the molecule is C=CC1=C(C(C)C)c2c(cccc2C(C)C)OC1(C)C. The van der Waals surface area contributed by atoms with Crippen molar-refractivity contribution in [2.24, 2.45) is 5.92 Å². The van der Waals surface area contributed by atoms with Crippen LogP contribution in [0.5, 0.6) is 5.75 Å². The van der Waals surface area contributed by atoms with E-state index in [1.165, 1.54) is 22.3 Å². The Morgan fingerprint density at radius 2 is 1.75 bits per heavy atom. The molecule has 0 saturated heterocycles. The first-order chi connectivity index (χ1) is 9.29. The molecule has 1 aromatic carbocycles. The van der Waals surface area contributed by atoms with Crippen LogP contribution in [0.1, 0.15) is 58.6 Å². The summed E-state index contributed by atoms with van der Waals surface area (Å²) in [5.41, 5.74) is 4.93.